The first kappa shape index (κ1) is 23.8. The number of hydrogen-bond acceptors (Lipinski definition) is 5. The summed E-state index contributed by atoms with van der Waals surface area (Å²) in [6.07, 6.45) is 13.0. The molecule has 0 spiro atoms. The zero-order chi connectivity index (χ0) is 26.2. The number of rotatable bonds is 7. The zero-order valence-corrected chi connectivity index (χ0v) is 20.9. The number of aliphatic hydroxyl groups is 1. The normalized spacial score (nSPS) is 14.3. The molecule has 0 amide bonds. The Kier molecular flexibility index (Phi) is 6.09. The molecule has 38 heavy (non-hydrogen) atoms. The Balaban J connectivity index is 1.48. The molecule has 8 heteroatoms. The van der Waals surface area contributed by atoms with E-state index in [4.69, 9.17) is 5.73 Å². The summed E-state index contributed by atoms with van der Waals surface area (Å²) in [4.78, 5) is 16.3. The fraction of sp³-hybridized carbons (Fsp3) is 0.167. The minimum absolute atomic E-state index is 0.110. The van der Waals surface area contributed by atoms with Gasteiger partial charge in [0.05, 0.1) is 23.5 Å². The third kappa shape index (κ3) is 4.29. The first-order valence-corrected chi connectivity index (χ1v) is 12.6. The summed E-state index contributed by atoms with van der Waals surface area (Å²) in [6.45, 7) is 1.64. The second-order valence-electron chi connectivity index (χ2n) is 9.42. The highest BCUT2D eigenvalue weighted by Crippen LogP contribution is 2.42. The lowest BCUT2D eigenvalue weighted by Gasteiger charge is -2.16. The lowest BCUT2D eigenvalue weighted by Crippen LogP contribution is -2.04. The van der Waals surface area contributed by atoms with Crippen LogP contribution in [0.4, 0.5) is 10.3 Å². The van der Waals surface area contributed by atoms with Gasteiger partial charge in [0.15, 0.2) is 0 Å². The summed E-state index contributed by atoms with van der Waals surface area (Å²) < 4.78 is 17.2. The van der Waals surface area contributed by atoms with Crippen molar-refractivity contribution in [2.24, 2.45) is 4.99 Å². The third-order valence-electron chi connectivity index (χ3n) is 6.84. The molecule has 0 saturated heterocycles. The van der Waals surface area contributed by atoms with Crippen LogP contribution in [0.5, 0.6) is 0 Å². The van der Waals surface area contributed by atoms with Crippen molar-refractivity contribution in [3.63, 3.8) is 0 Å². The fourth-order valence-electron chi connectivity index (χ4n) is 4.97. The predicted octanol–water partition coefficient (Wildman–Crippen LogP) is 6.28. The van der Waals surface area contributed by atoms with E-state index in [1.54, 1.807) is 23.0 Å². The van der Waals surface area contributed by atoms with Crippen molar-refractivity contribution in [2.75, 3.05) is 5.73 Å². The van der Waals surface area contributed by atoms with Crippen LogP contribution < -0.4 is 5.73 Å². The quantitative estimate of drug-likeness (QED) is 0.226. The molecule has 190 valence electrons. The maximum absolute atomic E-state index is 15.4. The number of halogens is 1. The first-order chi connectivity index (χ1) is 18.6. The van der Waals surface area contributed by atoms with E-state index < -0.39 is 0 Å². The Hall–Kier alpha value is -4.56. The molecule has 5 aromatic rings. The number of aromatic amines is 1. The number of anilines is 1. The maximum atomic E-state index is 15.4. The van der Waals surface area contributed by atoms with E-state index in [1.807, 2.05) is 61.7 Å². The highest BCUT2D eigenvalue weighted by molar-refractivity contribution is 5.95. The van der Waals surface area contributed by atoms with Crippen LogP contribution in [0, 0.1) is 5.82 Å². The summed E-state index contributed by atoms with van der Waals surface area (Å²) >= 11 is 0. The van der Waals surface area contributed by atoms with E-state index in [9.17, 15) is 5.11 Å². The topological polar surface area (TPSA) is 105 Å². The Bertz CT molecular complexity index is 1760. The molecule has 3 heterocycles. The van der Waals surface area contributed by atoms with Gasteiger partial charge >= 0.3 is 0 Å². The molecule has 0 radical (unpaired) electrons. The van der Waals surface area contributed by atoms with Gasteiger partial charge in [-0.3, -0.25) is 4.99 Å². The van der Waals surface area contributed by atoms with Crippen molar-refractivity contribution in [1.29, 1.82) is 0 Å². The van der Waals surface area contributed by atoms with Gasteiger partial charge in [-0.2, -0.15) is 4.98 Å². The number of H-pyrrole nitrogens is 1. The average Bonchev–Trinajstić information content (AvgIpc) is 3.55. The third-order valence-corrected chi connectivity index (χ3v) is 6.84. The first-order valence-electron chi connectivity index (χ1n) is 12.6. The van der Waals surface area contributed by atoms with Crippen molar-refractivity contribution in [2.45, 2.75) is 32.3 Å². The van der Waals surface area contributed by atoms with Gasteiger partial charge in [-0.15, -0.1) is 0 Å². The van der Waals surface area contributed by atoms with Crippen LogP contribution in [0.2, 0.25) is 0 Å². The van der Waals surface area contributed by atoms with Gasteiger partial charge in [0.1, 0.15) is 11.5 Å². The summed E-state index contributed by atoms with van der Waals surface area (Å²) in [5.41, 5.74) is 11.6. The van der Waals surface area contributed by atoms with Gasteiger partial charge in [0, 0.05) is 46.2 Å². The number of aromatic nitrogens is 4. The van der Waals surface area contributed by atoms with Crippen LogP contribution >= 0.6 is 0 Å². The molecule has 1 fully saturated rings. The van der Waals surface area contributed by atoms with Gasteiger partial charge in [-0.05, 0) is 73.7 Å². The summed E-state index contributed by atoms with van der Waals surface area (Å²) in [5, 5.41) is 12.1. The molecule has 1 saturated carbocycles. The van der Waals surface area contributed by atoms with E-state index in [2.05, 4.69) is 26.0 Å². The number of benzene rings is 2. The molecule has 4 N–H and O–H groups in total. The minimum Gasteiger partial charge on any atom is -0.392 e. The number of aliphatic imine (C=N–C) groups is 1. The standard InChI is InChI=1S/C30H27FN6O/c1-2-11-33-12-4-5-21-16-23-27(35-30(32)36-29(23)34-21)22-6-3-7-26(24(22)17-38)37-13-10-19-14-20(18-8-9-18)15-25(31)28(19)37/h2-7,10-16,18,38H,8-9,17H2,1H3,(H3,32,34,35,36)/b5-4+,11-2-,33-12-. The number of hydrogen-bond donors (Lipinski definition) is 3. The average molecular weight is 507 g/mol. The van der Waals surface area contributed by atoms with E-state index in [1.165, 1.54) is 0 Å². The van der Waals surface area contributed by atoms with Crippen molar-refractivity contribution in [3.8, 4) is 16.9 Å². The lowest BCUT2D eigenvalue weighted by molar-refractivity contribution is 0.282. The number of nitrogen functional groups attached to an aromatic ring is 1. The second kappa shape index (κ2) is 9.72. The van der Waals surface area contributed by atoms with Crippen LogP contribution in [-0.2, 0) is 6.61 Å². The molecule has 0 atom stereocenters. The lowest BCUT2D eigenvalue weighted by atomic mass is 10.0. The Morgan fingerprint density at radius 1 is 1.21 bits per heavy atom. The van der Waals surface area contributed by atoms with Gasteiger partial charge in [-0.1, -0.05) is 18.2 Å². The van der Waals surface area contributed by atoms with E-state index in [0.29, 0.717) is 39.6 Å². The molecule has 7 nitrogen and oxygen atoms in total. The largest absolute Gasteiger partial charge is 0.392 e. The molecule has 6 rings (SSSR count). The minimum atomic E-state index is -0.267. The molecule has 0 unspecified atom stereocenters. The van der Waals surface area contributed by atoms with Crippen LogP contribution in [0.25, 0.3) is 45.0 Å². The van der Waals surface area contributed by atoms with Crippen LogP contribution in [0.1, 0.15) is 42.5 Å². The van der Waals surface area contributed by atoms with E-state index in [-0.39, 0.29) is 18.4 Å². The molecular formula is C30H27FN6O. The number of nitrogens with two attached hydrogens (primary N) is 1. The van der Waals surface area contributed by atoms with Crippen LogP contribution in [-0.4, -0.2) is 30.8 Å². The Morgan fingerprint density at radius 3 is 2.87 bits per heavy atom. The SMILES string of the molecule is C\C=C/N=C\C=C\c1cc2c(-c3cccc(-n4ccc5cc(C6CC6)cc(F)c54)c3CO)nc(N)nc2[nH]1. The summed E-state index contributed by atoms with van der Waals surface area (Å²) in [6, 6.07) is 13.2. The fourth-order valence-corrected chi connectivity index (χ4v) is 4.97. The Labute approximate surface area is 218 Å². The summed E-state index contributed by atoms with van der Waals surface area (Å²) in [5.74, 6) is 0.303. The summed E-state index contributed by atoms with van der Waals surface area (Å²) in [7, 11) is 0. The van der Waals surface area contributed by atoms with Crippen molar-refractivity contribution >= 4 is 40.2 Å². The smallest absolute Gasteiger partial charge is 0.222 e. The van der Waals surface area contributed by atoms with Crippen LogP contribution in [0.3, 0.4) is 0 Å². The number of nitrogens with zero attached hydrogens (tertiary/aromatic N) is 4. The molecule has 1 aliphatic rings. The highest BCUT2D eigenvalue weighted by atomic mass is 19.1. The van der Waals surface area contributed by atoms with Gasteiger partial charge in [0.25, 0.3) is 0 Å². The van der Waals surface area contributed by atoms with Gasteiger partial charge in [-0.25, -0.2) is 9.37 Å². The van der Waals surface area contributed by atoms with Crippen molar-refractivity contribution < 1.29 is 9.50 Å². The van der Waals surface area contributed by atoms with Gasteiger partial charge < -0.3 is 20.4 Å². The van der Waals surface area contributed by atoms with Crippen LogP contribution in [0.15, 0.2) is 72.0 Å². The molecule has 2 aromatic carbocycles. The van der Waals surface area contributed by atoms with E-state index in [0.717, 1.165) is 34.9 Å². The number of fused-ring (bicyclic) bond motifs is 2. The van der Waals surface area contributed by atoms with E-state index >= 15 is 4.39 Å². The second-order valence-corrected chi connectivity index (χ2v) is 9.42. The number of allylic oxidation sites excluding steroid dienone is 2. The van der Waals surface area contributed by atoms with Gasteiger partial charge in [0.2, 0.25) is 5.95 Å². The predicted molar refractivity (Wildman–Crippen MR) is 151 cm³/mol. The number of nitrogens with one attached hydrogen (secondary N) is 1. The molecular weight excluding hydrogens is 479 g/mol. The maximum Gasteiger partial charge on any atom is 0.222 e. The zero-order valence-electron chi connectivity index (χ0n) is 20.9. The van der Waals surface area contributed by atoms with Crippen molar-refractivity contribution in [3.05, 3.63) is 89.7 Å². The molecule has 1 aliphatic carbocycles. The van der Waals surface area contributed by atoms with Crippen molar-refractivity contribution in [1.82, 2.24) is 19.5 Å². The Morgan fingerprint density at radius 2 is 2.08 bits per heavy atom. The molecule has 0 aliphatic heterocycles. The molecule has 0 bridgehead atoms. The number of aliphatic hydroxyl groups excluding tert-OH is 1. The monoisotopic (exact) mass is 506 g/mol. The highest BCUT2D eigenvalue weighted by Gasteiger charge is 2.25. The molecule has 3 aromatic heterocycles.